The highest BCUT2D eigenvalue weighted by Crippen LogP contribution is 2.33. The van der Waals surface area contributed by atoms with Gasteiger partial charge in [0.1, 0.15) is 5.69 Å². The number of aromatic nitrogens is 3. The molecule has 1 aliphatic carbocycles. The van der Waals surface area contributed by atoms with Gasteiger partial charge in [0.25, 0.3) is 0 Å². The number of anilines is 2. The van der Waals surface area contributed by atoms with Gasteiger partial charge in [0, 0.05) is 17.9 Å². The zero-order chi connectivity index (χ0) is 24.1. The van der Waals surface area contributed by atoms with Crippen LogP contribution in [0.4, 0.5) is 15.6 Å². The number of thiazole rings is 1. The van der Waals surface area contributed by atoms with E-state index >= 15 is 0 Å². The van der Waals surface area contributed by atoms with Crippen molar-refractivity contribution in [3.8, 4) is 0 Å². The van der Waals surface area contributed by atoms with Crippen molar-refractivity contribution in [3.63, 3.8) is 0 Å². The van der Waals surface area contributed by atoms with E-state index in [0.29, 0.717) is 33.7 Å². The Kier molecular flexibility index (Phi) is 7.79. The largest absolute Gasteiger partial charge is 0.330 e. The number of urea groups is 1. The number of Topliss-reactive ketones (excluding diaryl/α,β-unsaturated/α-hetero) is 2. The summed E-state index contributed by atoms with van der Waals surface area (Å²) in [4.78, 5) is 49.1. The van der Waals surface area contributed by atoms with Crippen LogP contribution < -0.4 is 10.6 Å². The summed E-state index contributed by atoms with van der Waals surface area (Å²) >= 11 is 2.63. The number of nitrogens with zero attached hydrogens (tertiary/aromatic N) is 2. The van der Waals surface area contributed by atoms with Crippen LogP contribution in [0.1, 0.15) is 71.9 Å². The van der Waals surface area contributed by atoms with Crippen LogP contribution in [-0.2, 0) is 0 Å². The molecule has 0 saturated heterocycles. The second kappa shape index (κ2) is 11.0. The maximum Gasteiger partial charge on any atom is 0.325 e. The van der Waals surface area contributed by atoms with Crippen molar-refractivity contribution in [3.05, 3.63) is 47.4 Å². The Bertz CT molecular complexity index is 1200. The molecule has 0 atom stereocenters. The Hall–Kier alpha value is -2.98. The highest BCUT2D eigenvalue weighted by molar-refractivity contribution is 8.01. The van der Waals surface area contributed by atoms with Crippen LogP contribution in [0.5, 0.6) is 0 Å². The smallest absolute Gasteiger partial charge is 0.325 e. The van der Waals surface area contributed by atoms with Crippen LogP contribution in [0, 0.1) is 12.8 Å². The van der Waals surface area contributed by atoms with Gasteiger partial charge < -0.3 is 10.3 Å². The summed E-state index contributed by atoms with van der Waals surface area (Å²) in [5.74, 6) is 0.162. The number of benzene rings is 1. The van der Waals surface area contributed by atoms with Crippen LogP contribution in [-0.4, -0.2) is 32.5 Å². The molecule has 4 rings (SSSR count). The molecule has 1 saturated carbocycles. The molecule has 8 nitrogen and oxygen atoms in total. The number of imidazole rings is 1. The molecule has 1 fully saturated rings. The van der Waals surface area contributed by atoms with Crippen LogP contribution in [0.15, 0.2) is 40.0 Å². The van der Waals surface area contributed by atoms with Crippen molar-refractivity contribution in [2.24, 2.45) is 5.92 Å². The van der Waals surface area contributed by atoms with Gasteiger partial charge in [0.2, 0.25) is 0 Å². The first-order valence-corrected chi connectivity index (χ1v) is 13.0. The number of aromatic amines is 1. The molecule has 3 aromatic rings. The van der Waals surface area contributed by atoms with Gasteiger partial charge in [-0.3, -0.25) is 14.9 Å². The van der Waals surface area contributed by atoms with E-state index in [2.05, 4.69) is 25.6 Å². The summed E-state index contributed by atoms with van der Waals surface area (Å²) in [5, 5.41) is 6.56. The van der Waals surface area contributed by atoms with Gasteiger partial charge in [-0.15, -0.1) is 0 Å². The molecule has 1 aromatic carbocycles. The second-order valence-electron chi connectivity index (χ2n) is 8.34. The summed E-state index contributed by atoms with van der Waals surface area (Å²) in [5.41, 5.74) is 2.54. The predicted molar refractivity (Wildman–Crippen MR) is 134 cm³/mol. The molecule has 3 N–H and O–H groups in total. The Morgan fingerprint density at radius 2 is 1.94 bits per heavy atom. The molecular weight excluding hydrogens is 470 g/mol. The van der Waals surface area contributed by atoms with Gasteiger partial charge in [-0.25, -0.2) is 14.8 Å². The molecule has 178 valence electrons. The second-order valence-corrected chi connectivity index (χ2v) is 10.7. The molecular formula is C24H27N5O3S2. The third-order valence-corrected chi connectivity index (χ3v) is 7.56. The Balaban J connectivity index is 1.38. The first kappa shape index (κ1) is 24.2. The third kappa shape index (κ3) is 5.92. The fourth-order valence-electron chi connectivity index (χ4n) is 3.95. The average molecular weight is 498 g/mol. The Morgan fingerprint density at radius 3 is 2.71 bits per heavy atom. The standard InChI is InChI=1S/C24H27N5O3S2/c1-3-6-19(30)18-12-25-23(28-18)33-20-13-26-24(34-20)29-22(32)27-17-10-9-14(2)11-16(17)21(31)15-7-4-5-8-15/h9-13,15H,3-8H2,1-2H3,(H,25,28)(H2,26,27,29,32). The minimum atomic E-state index is -0.458. The number of carbonyl (C=O) groups excluding carboxylic acids is 3. The van der Waals surface area contributed by atoms with Crippen molar-refractivity contribution in [1.82, 2.24) is 15.0 Å². The number of rotatable bonds is 9. The van der Waals surface area contributed by atoms with Gasteiger partial charge in [-0.2, -0.15) is 0 Å². The molecule has 2 amide bonds. The maximum atomic E-state index is 13.0. The monoisotopic (exact) mass is 497 g/mol. The van der Waals surface area contributed by atoms with E-state index in [-0.39, 0.29) is 17.5 Å². The molecule has 10 heteroatoms. The molecule has 0 unspecified atom stereocenters. The summed E-state index contributed by atoms with van der Waals surface area (Å²) in [6, 6.07) is 5.04. The topological polar surface area (TPSA) is 117 Å². The lowest BCUT2D eigenvalue weighted by Crippen LogP contribution is -2.22. The zero-order valence-corrected chi connectivity index (χ0v) is 20.8. The highest BCUT2D eigenvalue weighted by Gasteiger charge is 2.26. The number of aryl methyl sites for hydroxylation is 1. The van der Waals surface area contributed by atoms with E-state index in [0.717, 1.165) is 41.9 Å². The minimum absolute atomic E-state index is 0.0309. The van der Waals surface area contributed by atoms with Gasteiger partial charge >= 0.3 is 6.03 Å². The zero-order valence-electron chi connectivity index (χ0n) is 19.1. The van der Waals surface area contributed by atoms with Crippen LogP contribution in [0.3, 0.4) is 0 Å². The fraction of sp³-hybridized carbons (Fsp3) is 0.375. The van der Waals surface area contributed by atoms with E-state index in [1.807, 2.05) is 26.0 Å². The van der Waals surface area contributed by atoms with Crippen molar-refractivity contribution >= 4 is 51.5 Å². The van der Waals surface area contributed by atoms with E-state index < -0.39 is 6.03 Å². The van der Waals surface area contributed by atoms with Crippen molar-refractivity contribution in [1.29, 1.82) is 0 Å². The van der Waals surface area contributed by atoms with Crippen molar-refractivity contribution in [2.45, 2.75) is 61.7 Å². The Morgan fingerprint density at radius 1 is 1.15 bits per heavy atom. The van der Waals surface area contributed by atoms with E-state index in [4.69, 9.17) is 0 Å². The SMILES string of the molecule is CCCC(=O)c1cnc(Sc2cnc(NC(=O)Nc3ccc(C)cc3C(=O)C3CCCC3)s2)[nH]1. The first-order valence-electron chi connectivity index (χ1n) is 11.4. The van der Waals surface area contributed by atoms with Crippen LogP contribution >= 0.6 is 23.1 Å². The highest BCUT2D eigenvalue weighted by atomic mass is 32.2. The molecule has 0 aliphatic heterocycles. The van der Waals surface area contributed by atoms with Crippen molar-refractivity contribution in [2.75, 3.05) is 10.6 Å². The quantitative estimate of drug-likeness (QED) is 0.298. The number of amides is 2. The van der Waals surface area contributed by atoms with Gasteiger partial charge in [-0.1, -0.05) is 42.7 Å². The lowest BCUT2D eigenvalue weighted by atomic mass is 9.94. The van der Waals surface area contributed by atoms with E-state index in [9.17, 15) is 14.4 Å². The van der Waals surface area contributed by atoms with Gasteiger partial charge in [0.15, 0.2) is 21.9 Å². The maximum absolute atomic E-state index is 13.0. The van der Waals surface area contributed by atoms with E-state index in [1.54, 1.807) is 18.5 Å². The van der Waals surface area contributed by atoms with Crippen LogP contribution in [0.2, 0.25) is 0 Å². The number of hydrogen-bond acceptors (Lipinski definition) is 7. The molecule has 0 spiro atoms. The molecule has 0 radical (unpaired) electrons. The number of ketones is 2. The summed E-state index contributed by atoms with van der Waals surface area (Å²) < 4.78 is 0.812. The number of carbonyl (C=O) groups is 3. The number of hydrogen-bond donors (Lipinski definition) is 3. The van der Waals surface area contributed by atoms with Crippen LogP contribution in [0.25, 0.3) is 0 Å². The molecule has 0 bridgehead atoms. The Labute approximate surface area is 206 Å². The fourth-order valence-corrected chi connectivity index (χ4v) is 5.70. The summed E-state index contributed by atoms with van der Waals surface area (Å²) in [6.07, 6.45) is 8.40. The van der Waals surface area contributed by atoms with Gasteiger partial charge in [0.05, 0.1) is 22.3 Å². The normalized spacial score (nSPS) is 13.7. The van der Waals surface area contributed by atoms with E-state index in [1.165, 1.54) is 23.1 Å². The molecule has 2 heterocycles. The summed E-state index contributed by atoms with van der Waals surface area (Å²) in [7, 11) is 0. The summed E-state index contributed by atoms with van der Waals surface area (Å²) in [6.45, 7) is 3.89. The first-order chi connectivity index (χ1) is 16.4. The van der Waals surface area contributed by atoms with Crippen molar-refractivity contribution < 1.29 is 14.4 Å². The lowest BCUT2D eigenvalue weighted by Gasteiger charge is -2.14. The lowest BCUT2D eigenvalue weighted by molar-refractivity contribution is 0.0922. The minimum Gasteiger partial charge on any atom is -0.330 e. The third-order valence-electron chi connectivity index (χ3n) is 5.65. The molecule has 34 heavy (non-hydrogen) atoms. The number of nitrogens with one attached hydrogen (secondary N) is 3. The molecule has 1 aliphatic rings. The van der Waals surface area contributed by atoms with Gasteiger partial charge in [-0.05, 0) is 50.1 Å². The molecule has 2 aromatic heterocycles. The predicted octanol–water partition coefficient (Wildman–Crippen LogP) is 6.33. The average Bonchev–Trinajstić information content (AvgIpc) is 3.57. The number of H-pyrrole nitrogens is 1.